The number of thiazole rings is 1. The second kappa shape index (κ2) is 11.2. The Morgan fingerprint density at radius 1 is 0.846 bits per heavy atom. The molecule has 2 aromatic heterocycles. The minimum atomic E-state index is -3.60. The van der Waals surface area contributed by atoms with Crippen LogP contribution in [0.4, 0.5) is 11.5 Å². The van der Waals surface area contributed by atoms with Gasteiger partial charge in [0.2, 0.25) is 9.84 Å². The Bertz CT molecular complexity index is 1820. The van der Waals surface area contributed by atoms with Crippen molar-refractivity contribution in [3.63, 3.8) is 0 Å². The minimum Gasteiger partial charge on any atom is -0.340 e. The quantitative estimate of drug-likeness (QED) is 0.230. The molecule has 2 heterocycles. The van der Waals surface area contributed by atoms with Gasteiger partial charge in [-0.2, -0.15) is 0 Å². The molecule has 9 nitrogen and oxygen atoms in total. The lowest BCUT2D eigenvalue weighted by Crippen LogP contribution is -2.21. The lowest BCUT2D eigenvalue weighted by atomic mass is 10.1. The van der Waals surface area contributed by atoms with Crippen molar-refractivity contribution >= 4 is 53.4 Å². The Balaban J connectivity index is 1.34. The highest BCUT2D eigenvalue weighted by Gasteiger charge is 2.17. The zero-order valence-electron chi connectivity index (χ0n) is 20.9. The summed E-state index contributed by atoms with van der Waals surface area (Å²) in [5, 5.41) is 8.05. The van der Waals surface area contributed by atoms with Gasteiger partial charge in [-0.05, 0) is 54.1 Å². The first-order valence-corrected chi connectivity index (χ1v) is 16.3. The molecule has 0 unspecified atom stereocenters. The van der Waals surface area contributed by atoms with Crippen LogP contribution < -0.4 is 10.6 Å². The van der Waals surface area contributed by atoms with Crippen LogP contribution >= 0.6 is 11.3 Å². The monoisotopic (exact) mass is 579 g/mol. The van der Waals surface area contributed by atoms with Gasteiger partial charge in [-0.3, -0.25) is 0 Å². The number of benzene rings is 3. The SMILES string of the molecule is CS(=O)(=O)CCNCc1ncc(-c2ccc3ncnc(Nc4ccc(S(=O)(=O)c5ccccc5)cc4)c3c2)s1. The summed E-state index contributed by atoms with van der Waals surface area (Å²) in [6.07, 6.45) is 4.49. The Kier molecular flexibility index (Phi) is 7.71. The molecule has 0 atom stereocenters. The molecular formula is C27H25N5O4S3. The van der Waals surface area contributed by atoms with Crippen LogP contribution in [0.1, 0.15) is 5.01 Å². The number of hydrogen-bond donors (Lipinski definition) is 2. The van der Waals surface area contributed by atoms with E-state index in [-0.39, 0.29) is 15.5 Å². The van der Waals surface area contributed by atoms with Crippen LogP contribution in [0, 0.1) is 0 Å². The average molecular weight is 580 g/mol. The summed E-state index contributed by atoms with van der Waals surface area (Å²) in [6, 6.07) is 20.8. The predicted molar refractivity (Wildman–Crippen MR) is 154 cm³/mol. The fraction of sp³-hybridized carbons (Fsp3) is 0.148. The van der Waals surface area contributed by atoms with Gasteiger partial charge in [-0.15, -0.1) is 11.3 Å². The summed E-state index contributed by atoms with van der Waals surface area (Å²) in [5.41, 5.74) is 2.39. The van der Waals surface area contributed by atoms with Gasteiger partial charge in [0.05, 0.1) is 25.9 Å². The molecule has 39 heavy (non-hydrogen) atoms. The van der Waals surface area contributed by atoms with Crippen LogP contribution in [-0.4, -0.2) is 50.3 Å². The summed E-state index contributed by atoms with van der Waals surface area (Å²) in [7, 11) is -6.61. The van der Waals surface area contributed by atoms with Crippen LogP contribution in [-0.2, 0) is 26.2 Å². The summed E-state index contributed by atoms with van der Waals surface area (Å²) >= 11 is 1.52. The minimum absolute atomic E-state index is 0.0806. The first-order valence-electron chi connectivity index (χ1n) is 11.9. The van der Waals surface area contributed by atoms with Gasteiger partial charge in [0, 0.05) is 36.6 Å². The summed E-state index contributed by atoms with van der Waals surface area (Å²) < 4.78 is 48.4. The van der Waals surface area contributed by atoms with Crippen LogP contribution in [0.3, 0.4) is 0 Å². The van der Waals surface area contributed by atoms with E-state index in [0.29, 0.717) is 24.6 Å². The number of aromatic nitrogens is 3. The molecule has 0 radical (unpaired) electrons. The third-order valence-electron chi connectivity index (χ3n) is 5.88. The van der Waals surface area contributed by atoms with E-state index in [1.807, 2.05) is 18.2 Å². The van der Waals surface area contributed by atoms with E-state index in [4.69, 9.17) is 0 Å². The highest BCUT2D eigenvalue weighted by atomic mass is 32.2. The summed E-state index contributed by atoms with van der Waals surface area (Å²) in [5.74, 6) is 0.671. The van der Waals surface area contributed by atoms with Crippen LogP contribution in [0.2, 0.25) is 0 Å². The Morgan fingerprint density at radius 2 is 1.59 bits per heavy atom. The molecule has 0 aliphatic heterocycles. The highest BCUT2D eigenvalue weighted by Crippen LogP contribution is 2.32. The standard InChI is InChI=1S/C27H25N5O4S3/c1-38(33,34)14-13-28-17-26-29-16-25(37-26)19-7-12-24-23(15-19)27(31-18-30-24)32-20-8-10-22(11-9-20)39(35,36)21-5-3-2-4-6-21/h2-12,15-16,18,28H,13-14,17H2,1H3,(H,30,31,32). The molecule has 5 rings (SSSR count). The molecule has 0 spiro atoms. The van der Waals surface area contributed by atoms with E-state index in [1.54, 1.807) is 60.8 Å². The van der Waals surface area contributed by atoms with Crippen LogP contribution in [0.25, 0.3) is 21.3 Å². The van der Waals surface area contributed by atoms with Gasteiger partial charge in [0.25, 0.3) is 0 Å². The topological polar surface area (TPSA) is 131 Å². The van der Waals surface area contributed by atoms with Gasteiger partial charge in [-0.1, -0.05) is 24.3 Å². The van der Waals surface area contributed by atoms with Crippen molar-refractivity contribution in [3.05, 3.63) is 90.3 Å². The van der Waals surface area contributed by atoms with Crippen molar-refractivity contribution in [1.82, 2.24) is 20.3 Å². The van der Waals surface area contributed by atoms with Gasteiger partial charge >= 0.3 is 0 Å². The van der Waals surface area contributed by atoms with Crippen molar-refractivity contribution in [2.45, 2.75) is 16.3 Å². The fourth-order valence-electron chi connectivity index (χ4n) is 3.88. The van der Waals surface area contributed by atoms with E-state index in [1.165, 1.54) is 23.9 Å². The lowest BCUT2D eigenvalue weighted by molar-refractivity contribution is 0.594. The van der Waals surface area contributed by atoms with E-state index < -0.39 is 19.7 Å². The second-order valence-electron chi connectivity index (χ2n) is 8.84. The first-order chi connectivity index (χ1) is 18.7. The molecule has 2 N–H and O–H groups in total. The molecule has 0 saturated carbocycles. The van der Waals surface area contributed by atoms with Gasteiger partial charge < -0.3 is 10.6 Å². The van der Waals surface area contributed by atoms with E-state index in [9.17, 15) is 16.8 Å². The third-order valence-corrected chi connectivity index (χ3v) is 9.66. The average Bonchev–Trinajstić information content (AvgIpc) is 3.40. The zero-order chi connectivity index (χ0) is 27.5. The van der Waals surface area contributed by atoms with Gasteiger partial charge in [0.15, 0.2) is 0 Å². The number of sulfone groups is 2. The Labute approximate surface area is 230 Å². The normalized spacial score (nSPS) is 12.0. The highest BCUT2D eigenvalue weighted by molar-refractivity contribution is 7.91. The number of nitrogens with zero attached hydrogens (tertiary/aromatic N) is 3. The molecule has 0 amide bonds. The van der Waals surface area contributed by atoms with E-state index in [0.717, 1.165) is 26.4 Å². The molecule has 0 saturated heterocycles. The van der Waals surface area contributed by atoms with E-state index >= 15 is 0 Å². The number of fused-ring (bicyclic) bond motifs is 1. The van der Waals surface area contributed by atoms with Gasteiger partial charge in [-0.25, -0.2) is 31.8 Å². The smallest absolute Gasteiger partial charge is 0.206 e. The molecule has 0 aliphatic rings. The first kappa shape index (κ1) is 26.9. The second-order valence-corrected chi connectivity index (χ2v) is 14.2. The summed E-state index contributed by atoms with van der Waals surface area (Å²) in [6.45, 7) is 0.856. The number of nitrogens with one attached hydrogen (secondary N) is 2. The molecule has 3 aromatic carbocycles. The van der Waals surface area contributed by atoms with E-state index in [2.05, 4.69) is 25.6 Å². The molecular weight excluding hydrogens is 555 g/mol. The van der Waals surface area contributed by atoms with Crippen LogP contribution in [0.5, 0.6) is 0 Å². The molecule has 12 heteroatoms. The van der Waals surface area contributed by atoms with Crippen molar-refractivity contribution < 1.29 is 16.8 Å². The maximum absolute atomic E-state index is 12.9. The molecule has 0 aliphatic carbocycles. The molecule has 5 aromatic rings. The fourth-order valence-corrected chi connectivity index (χ4v) is 6.56. The Morgan fingerprint density at radius 3 is 2.33 bits per heavy atom. The largest absolute Gasteiger partial charge is 0.340 e. The van der Waals surface area contributed by atoms with Crippen molar-refractivity contribution in [1.29, 1.82) is 0 Å². The maximum Gasteiger partial charge on any atom is 0.206 e. The van der Waals surface area contributed by atoms with Gasteiger partial charge in [0.1, 0.15) is 27.0 Å². The number of rotatable bonds is 10. The maximum atomic E-state index is 12.9. The lowest BCUT2D eigenvalue weighted by Gasteiger charge is -2.10. The molecule has 200 valence electrons. The van der Waals surface area contributed by atoms with Crippen LogP contribution in [0.15, 0.2) is 95.1 Å². The Hall–Kier alpha value is -3.71. The summed E-state index contributed by atoms with van der Waals surface area (Å²) in [4.78, 5) is 14.7. The molecule has 0 bridgehead atoms. The predicted octanol–water partition coefficient (Wildman–Crippen LogP) is 4.46. The van der Waals surface area contributed by atoms with Crippen molar-refractivity contribution in [2.75, 3.05) is 23.9 Å². The van der Waals surface area contributed by atoms with Crippen molar-refractivity contribution in [3.8, 4) is 10.4 Å². The van der Waals surface area contributed by atoms with Crippen molar-refractivity contribution in [2.24, 2.45) is 0 Å². The third kappa shape index (κ3) is 6.48. The zero-order valence-corrected chi connectivity index (χ0v) is 23.4. The molecule has 0 fully saturated rings. The number of hydrogen-bond acceptors (Lipinski definition) is 10. The number of anilines is 2.